The molecule has 4 nitrogen and oxygen atoms in total. The van der Waals surface area contributed by atoms with Gasteiger partial charge in [-0.2, -0.15) is 0 Å². The summed E-state index contributed by atoms with van der Waals surface area (Å²) in [5, 5.41) is 0. The van der Waals surface area contributed by atoms with Crippen molar-refractivity contribution in [3.8, 4) is 17.6 Å². The van der Waals surface area contributed by atoms with Gasteiger partial charge in [0, 0.05) is 5.56 Å². The lowest BCUT2D eigenvalue weighted by Gasteiger charge is -2.05. The molecule has 0 aliphatic rings. The highest BCUT2D eigenvalue weighted by molar-refractivity contribution is 6.11. The van der Waals surface area contributed by atoms with Crippen molar-refractivity contribution in [3.63, 3.8) is 0 Å². The second kappa shape index (κ2) is 7.04. The van der Waals surface area contributed by atoms with E-state index in [1.165, 1.54) is 43.5 Å². The highest BCUT2D eigenvalue weighted by Crippen LogP contribution is 2.18. The highest BCUT2D eigenvalue weighted by atomic mass is 19.1. The van der Waals surface area contributed by atoms with Crippen LogP contribution in [-0.4, -0.2) is 19.0 Å². The van der Waals surface area contributed by atoms with E-state index in [4.69, 9.17) is 4.74 Å². The van der Waals surface area contributed by atoms with Gasteiger partial charge in [0.2, 0.25) is 5.78 Å². The van der Waals surface area contributed by atoms with Gasteiger partial charge in [-0.15, -0.1) is 0 Å². The Labute approximate surface area is 126 Å². The SMILES string of the molecule is COC(=O)Oc1ccccc1C(=O)C#Cc1ccc(F)cc1. The molecule has 0 aromatic heterocycles. The van der Waals surface area contributed by atoms with Crippen LogP contribution in [0.25, 0.3) is 0 Å². The van der Waals surface area contributed by atoms with E-state index in [0.29, 0.717) is 5.56 Å². The second-order valence-corrected chi connectivity index (χ2v) is 4.14. The van der Waals surface area contributed by atoms with E-state index in [1.807, 2.05) is 0 Å². The molecule has 22 heavy (non-hydrogen) atoms. The summed E-state index contributed by atoms with van der Waals surface area (Å²) in [5.74, 6) is 4.21. The second-order valence-electron chi connectivity index (χ2n) is 4.14. The average molecular weight is 298 g/mol. The van der Waals surface area contributed by atoms with Crippen molar-refractivity contribution >= 4 is 11.9 Å². The number of carbonyl (C=O) groups is 2. The van der Waals surface area contributed by atoms with E-state index in [1.54, 1.807) is 12.1 Å². The number of halogens is 1. The first kappa shape index (κ1) is 15.3. The predicted molar refractivity (Wildman–Crippen MR) is 77.1 cm³/mol. The lowest BCUT2D eigenvalue weighted by atomic mass is 10.1. The monoisotopic (exact) mass is 298 g/mol. The molecular weight excluding hydrogens is 287 g/mol. The Morgan fingerprint density at radius 1 is 1.05 bits per heavy atom. The first-order valence-electron chi connectivity index (χ1n) is 6.27. The maximum absolute atomic E-state index is 12.8. The van der Waals surface area contributed by atoms with Crippen LogP contribution < -0.4 is 4.74 Å². The predicted octanol–water partition coefficient (Wildman–Crippen LogP) is 3.21. The maximum Gasteiger partial charge on any atom is 0.513 e. The number of carbonyl (C=O) groups excluding carboxylic acids is 2. The van der Waals surface area contributed by atoms with Gasteiger partial charge in [-0.25, -0.2) is 9.18 Å². The fraction of sp³-hybridized carbons (Fsp3) is 0.0588. The third-order valence-corrected chi connectivity index (χ3v) is 2.66. The molecule has 2 aromatic carbocycles. The van der Waals surface area contributed by atoms with Crippen molar-refractivity contribution in [1.82, 2.24) is 0 Å². The molecule has 2 aromatic rings. The quantitative estimate of drug-likeness (QED) is 0.370. The Kier molecular flexibility index (Phi) is 4.89. The van der Waals surface area contributed by atoms with Crippen LogP contribution in [0.2, 0.25) is 0 Å². The standard InChI is InChI=1S/C17H11FO4/c1-21-17(20)22-16-5-3-2-4-14(16)15(19)11-8-12-6-9-13(18)10-7-12/h2-7,9-10H,1H3. The highest BCUT2D eigenvalue weighted by Gasteiger charge is 2.13. The first-order chi connectivity index (χ1) is 10.6. The van der Waals surface area contributed by atoms with Gasteiger partial charge < -0.3 is 9.47 Å². The third-order valence-electron chi connectivity index (χ3n) is 2.66. The molecule has 0 aliphatic carbocycles. The third kappa shape index (κ3) is 3.93. The van der Waals surface area contributed by atoms with Crippen LogP contribution in [0.15, 0.2) is 48.5 Å². The van der Waals surface area contributed by atoms with Gasteiger partial charge >= 0.3 is 6.16 Å². The van der Waals surface area contributed by atoms with Gasteiger partial charge in [-0.1, -0.05) is 18.1 Å². The minimum absolute atomic E-state index is 0.0627. The van der Waals surface area contributed by atoms with Crippen molar-refractivity contribution < 1.29 is 23.5 Å². The molecule has 0 atom stereocenters. The fourth-order valence-electron chi connectivity index (χ4n) is 1.60. The van der Waals surface area contributed by atoms with Crippen LogP contribution >= 0.6 is 0 Å². The van der Waals surface area contributed by atoms with Crippen LogP contribution in [0, 0.1) is 17.7 Å². The van der Waals surface area contributed by atoms with Crippen molar-refractivity contribution in [2.24, 2.45) is 0 Å². The molecule has 0 amide bonds. The molecule has 0 bridgehead atoms. The topological polar surface area (TPSA) is 52.6 Å². The summed E-state index contributed by atoms with van der Waals surface area (Å²) in [7, 11) is 1.17. The van der Waals surface area contributed by atoms with Crippen LogP contribution in [0.1, 0.15) is 15.9 Å². The number of rotatable bonds is 2. The molecular formula is C17H11FO4. The Bertz CT molecular complexity index is 754. The molecule has 0 unspecified atom stereocenters. The molecule has 0 heterocycles. The van der Waals surface area contributed by atoms with Gasteiger partial charge in [0.1, 0.15) is 11.6 Å². The summed E-state index contributed by atoms with van der Waals surface area (Å²) < 4.78 is 22.1. The summed E-state index contributed by atoms with van der Waals surface area (Å²) in [6, 6.07) is 11.6. The number of Topliss-reactive ketones (excluding diaryl/α,β-unsaturated/α-hetero) is 1. The lowest BCUT2D eigenvalue weighted by Crippen LogP contribution is -2.10. The number of para-hydroxylation sites is 1. The number of hydrogen-bond acceptors (Lipinski definition) is 4. The number of benzene rings is 2. The molecule has 0 aliphatic heterocycles. The number of ether oxygens (including phenoxy) is 2. The molecule has 0 saturated carbocycles. The van der Waals surface area contributed by atoms with Crippen LogP contribution in [0.4, 0.5) is 9.18 Å². The van der Waals surface area contributed by atoms with Crippen LogP contribution in [0.3, 0.4) is 0 Å². The molecule has 2 rings (SSSR count). The van der Waals surface area contributed by atoms with Gasteiger partial charge in [0.05, 0.1) is 12.7 Å². The van der Waals surface area contributed by atoms with E-state index < -0.39 is 11.9 Å². The molecule has 0 radical (unpaired) electrons. The van der Waals surface area contributed by atoms with Crippen LogP contribution in [-0.2, 0) is 4.74 Å². The lowest BCUT2D eigenvalue weighted by molar-refractivity contribution is 0.104. The molecule has 110 valence electrons. The normalized spacial score (nSPS) is 9.36. The van der Waals surface area contributed by atoms with Crippen molar-refractivity contribution in [1.29, 1.82) is 0 Å². The Morgan fingerprint density at radius 3 is 2.41 bits per heavy atom. The van der Waals surface area contributed by atoms with E-state index in [-0.39, 0.29) is 17.1 Å². The Balaban J connectivity index is 2.23. The molecule has 0 spiro atoms. The minimum Gasteiger partial charge on any atom is -0.437 e. The number of ketones is 1. The summed E-state index contributed by atoms with van der Waals surface area (Å²) in [4.78, 5) is 23.2. The van der Waals surface area contributed by atoms with Gasteiger partial charge in [0.15, 0.2) is 0 Å². The van der Waals surface area contributed by atoms with E-state index in [9.17, 15) is 14.0 Å². The zero-order chi connectivity index (χ0) is 15.9. The smallest absolute Gasteiger partial charge is 0.437 e. The van der Waals surface area contributed by atoms with Gasteiger partial charge in [-0.05, 0) is 42.3 Å². The van der Waals surface area contributed by atoms with E-state index in [0.717, 1.165) is 0 Å². The number of methoxy groups -OCH3 is 1. The van der Waals surface area contributed by atoms with Crippen molar-refractivity contribution in [2.75, 3.05) is 7.11 Å². The van der Waals surface area contributed by atoms with Crippen LogP contribution in [0.5, 0.6) is 5.75 Å². The average Bonchev–Trinajstić information content (AvgIpc) is 2.54. The summed E-state index contributed by atoms with van der Waals surface area (Å²) in [6.45, 7) is 0. The molecule has 0 N–H and O–H groups in total. The summed E-state index contributed by atoms with van der Waals surface area (Å²) in [5.41, 5.74) is 0.642. The molecule has 0 fully saturated rings. The van der Waals surface area contributed by atoms with Crippen molar-refractivity contribution in [3.05, 3.63) is 65.5 Å². The number of hydrogen-bond donors (Lipinski definition) is 0. The van der Waals surface area contributed by atoms with E-state index >= 15 is 0 Å². The fourth-order valence-corrected chi connectivity index (χ4v) is 1.60. The zero-order valence-electron chi connectivity index (χ0n) is 11.6. The van der Waals surface area contributed by atoms with Gasteiger partial charge in [0.25, 0.3) is 0 Å². The molecule has 0 saturated heterocycles. The molecule has 5 heteroatoms. The maximum atomic E-state index is 12.8. The van der Waals surface area contributed by atoms with E-state index in [2.05, 4.69) is 16.6 Å². The minimum atomic E-state index is -0.924. The van der Waals surface area contributed by atoms with Gasteiger partial charge in [-0.3, -0.25) is 4.79 Å². The van der Waals surface area contributed by atoms with Crippen molar-refractivity contribution in [2.45, 2.75) is 0 Å². The largest absolute Gasteiger partial charge is 0.513 e. The summed E-state index contributed by atoms with van der Waals surface area (Å²) >= 11 is 0. The summed E-state index contributed by atoms with van der Waals surface area (Å²) in [6.07, 6.45) is -0.924. The first-order valence-corrected chi connectivity index (χ1v) is 6.27. The Hall–Kier alpha value is -3.13. The zero-order valence-corrected chi connectivity index (χ0v) is 11.6. The Morgan fingerprint density at radius 2 is 1.73 bits per heavy atom.